The molecule has 2 heterocycles. The minimum Gasteiger partial charge on any atom is -0.399 e. The summed E-state index contributed by atoms with van der Waals surface area (Å²) in [6, 6.07) is 6.56. The zero-order chi connectivity index (χ0) is 14.1. The van der Waals surface area contributed by atoms with Crippen LogP contribution < -0.4 is 11.1 Å². The smallest absolute Gasteiger partial charge is 0.220 e. The van der Waals surface area contributed by atoms with E-state index in [1.807, 2.05) is 12.1 Å². The van der Waals surface area contributed by atoms with Gasteiger partial charge in [-0.05, 0) is 42.9 Å². The molecule has 3 N–H and O–H groups in total. The number of piperidine rings is 2. The van der Waals surface area contributed by atoms with Crippen LogP contribution in [-0.2, 0) is 11.3 Å². The molecule has 2 atom stereocenters. The van der Waals surface area contributed by atoms with E-state index in [0.717, 1.165) is 38.2 Å². The van der Waals surface area contributed by atoms with Crippen molar-refractivity contribution in [3.8, 4) is 0 Å². The highest BCUT2D eigenvalue weighted by molar-refractivity contribution is 5.77. The van der Waals surface area contributed by atoms with Crippen LogP contribution in [0.4, 0.5) is 5.69 Å². The van der Waals surface area contributed by atoms with Gasteiger partial charge in [-0.2, -0.15) is 0 Å². The average Bonchev–Trinajstić information content (AvgIpc) is 2.44. The van der Waals surface area contributed by atoms with Crippen molar-refractivity contribution in [2.75, 3.05) is 18.8 Å². The first-order valence-corrected chi connectivity index (χ1v) is 7.49. The summed E-state index contributed by atoms with van der Waals surface area (Å²) in [6.07, 6.45) is 2.78. The number of likely N-dealkylation sites (tertiary alicyclic amines) is 1. The number of benzene rings is 1. The van der Waals surface area contributed by atoms with E-state index in [2.05, 4.69) is 23.2 Å². The van der Waals surface area contributed by atoms with Crippen molar-refractivity contribution in [2.24, 2.45) is 5.92 Å². The van der Waals surface area contributed by atoms with Gasteiger partial charge in [-0.15, -0.1) is 0 Å². The highest BCUT2D eigenvalue weighted by Gasteiger charge is 2.33. The minimum absolute atomic E-state index is 0.228. The van der Waals surface area contributed by atoms with Crippen molar-refractivity contribution >= 4 is 11.6 Å². The summed E-state index contributed by atoms with van der Waals surface area (Å²) >= 11 is 0. The minimum atomic E-state index is 0.228. The van der Waals surface area contributed by atoms with Gasteiger partial charge in [0, 0.05) is 37.8 Å². The second-order valence-corrected chi connectivity index (χ2v) is 6.13. The third-order valence-corrected chi connectivity index (χ3v) is 4.79. The number of carbonyl (C=O) groups excluding carboxylic acids is 1. The number of nitrogens with one attached hydrogen (secondary N) is 1. The molecule has 2 unspecified atom stereocenters. The van der Waals surface area contributed by atoms with Gasteiger partial charge in [-0.3, -0.25) is 9.69 Å². The van der Waals surface area contributed by atoms with Gasteiger partial charge in [0.1, 0.15) is 0 Å². The van der Waals surface area contributed by atoms with E-state index >= 15 is 0 Å². The molecule has 2 saturated heterocycles. The van der Waals surface area contributed by atoms with E-state index in [4.69, 9.17) is 5.73 Å². The molecule has 1 amide bonds. The average molecular weight is 273 g/mol. The first-order chi connectivity index (χ1) is 9.63. The van der Waals surface area contributed by atoms with Crippen molar-refractivity contribution in [1.29, 1.82) is 0 Å². The predicted molar refractivity (Wildman–Crippen MR) is 80.1 cm³/mol. The molecule has 4 nitrogen and oxygen atoms in total. The Morgan fingerprint density at radius 1 is 1.40 bits per heavy atom. The fourth-order valence-corrected chi connectivity index (χ4v) is 3.44. The van der Waals surface area contributed by atoms with Crippen LogP contribution in [0.1, 0.15) is 30.4 Å². The Balaban J connectivity index is 1.65. The summed E-state index contributed by atoms with van der Waals surface area (Å²) in [5, 5.41) is 3.14. The molecule has 1 aromatic carbocycles. The molecule has 3 rings (SSSR count). The van der Waals surface area contributed by atoms with Gasteiger partial charge in [0.2, 0.25) is 5.91 Å². The Labute approximate surface area is 120 Å². The van der Waals surface area contributed by atoms with Crippen LogP contribution in [0.2, 0.25) is 0 Å². The first-order valence-electron chi connectivity index (χ1n) is 7.49. The van der Waals surface area contributed by atoms with Crippen LogP contribution in [-0.4, -0.2) is 29.9 Å². The highest BCUT2D eigenvalue weighted by atomic mass is 16.1. The van der Waals surface area contributed by atoms with Crippen LogP contribution in [0.3, 0.4) is 0 Å². The zero-order valence-corrected chi connectivity index (χ0v) is 12.1. The first kappa shape index (κ1) is 13.4. The predicted octanol–water partition coefficient (Wildman–Crippen LogP) is 1.68. The van der Waals surface area contributed by atoms with Gasteiger partial charge < -0.3 is 11.1 Å². The third kappa shape index (κ3) is 2.66. The SMILES string of the molecule is Cc1c(N)cccc1CN1CCC2NC(=O)CCC2C1. The van der Waals surface area contributed by atoms with Gasteiger partial charge in [-0.25, -0.2) is 0 Å². The second kappa shape index (κ2) is 5.44. The summed E-state index contributed by atoms with van der Waals surface area (Å²) in [5.41, 5.74) is 9.38. The summed E-state index contributed by atoms with van der Waals surface area (Å²) in [5.74, 6) is 0.842. The Hall–Kier alpha value is -1.55. The molecule has 2 fully saturated rings. The fraction of sp³-hybridized carbons (Fsp3) is 0.562. The van der Waals surface area contributed by atoms with Crippen LogP contribution in [0.5, 0.6) is 0 Å². The van der Waals surface area contributed by atoms with Gasteiger partial charge >= 0.3 is 0 Å². The molecule has 0 bridgehead atoms. The molecular weight excluding hydrogens is 250 g/mol. The standard InChI is InChI=1S/C16H23N3O/c1-11-12(3-2-4-14(11)17)9-19-8-7-15-13(10-19)5-6-16(20)18-15/h2-4,13,15H,5-10,17H2,1H3,(H,18,20). The molecular formula is C16H23N3O. The molecule has 4 heteroatoms. The molecule has 108 valence electrons. The lowest BCUT2D eigenvalue weighted by Crippen LogP contribution is -2.53. The maximum atomic E-state index is 11.4. The van der Waals surface area contributed by atoms with E-state index < -0.39 is 0 Å². The number of carbonyl (C=O) groups is 1. The zero-order valence-electron chi connectivity index (χ0n) is 12.1. The summed E-state index contributed by atoms with van der Waals surface area (Å²) in [4.78, 5) is 13.9. The monoisotopic (exact) mass is 273 g/mol. The molecule has 0 aromatic heterocycles. The van der Waals surface area contributed by atoms with Crippen LogP contribution in [0.25, 0.3) is 0 Å². The molecule has 1 aromatic rings. The molecule has 0 saturated carbocycles. The van der Waals surface area contributed by atoms with Crippen LogP contribution >= 0.6 is 0 Å². The number of hydrogen-bond acceptors (Lipinski definition) is 3. The molecule has 0 aliphatic carbocycles. The lowest BCUT2D eigenvalue weighted by Gasteiger charge is -2.41. The largest absolute Gasteiger partial charge is 0.399 e. The maximum absolute atomic E-state index is 11.4. The molecule has 2 aliphatic heterocycles. The topological polar surface area (TPSA) is 58.4 Å². The Morgan fingerprint density at radius 3 is 3.10 bits per heavy atom. The number of anilines is 1. The van der Waals surface area contributed by atoms with Crippen molar-refractivity contribution in [2.45, 2.75) is 38.8 Å². The molecule has 2 aliphatic rings. The Bertz CT molecular complexity index is 514. The number of rotatable bonds is 2. The number of nitrogens with two attached hydrogens (primary N) is 1. The molecule has 0 spiro atoms. The van der Waals surface area contributed by atoms with E-state index in [1.165, 1.54) is 11.1 Å². The number of hydrogen-bond donors (Lipinski definition) is 2. The maximum Gasteiger partial charge on any atom is 0.220 e. The van der Waals surface area contributed by atoms with E-state index in [-0.39, 0.29) is 5.91 Å². The number of nitrogen functional groups attached to an aromatic ring is 1. The van der Waals surface area contributed by atoms with Crippen LogP contribution in [0, 0.1) is 12.8 Å². The normalized spacial score (nSPS) is 26.9. The van der Waals surface area contributed by atoms with Crippen LogP contribution in [0.15, 0.2) is 18.2 Å². The lowest BCUT2D eigenvalue weighted by atomic mass is 9.85. The Kier molecular flexibility index (Phi) is 3.66. The Morgan fingerprint density at radius 2 is 2.25 bits per heavy atom. The van der Waals surface area contributed by atoms with Gasteiger partial charge in [0.05, 0.1) is 0 Å². The lowest BCUT2D eigenvalue weighted by molar-refractivity contribution is -0.125. The van der Waals surface area contributed by atoms with E-state index in [1.54, 1.807) is 0 Å². The fourth-order valence-electron chi connectivity index (χ4n) is 3.44. The number of amides is 1. The van der Waals surface area contributed by atoms with E-state index in [9.17, 15) is 4.79 Å². The van der Waals surface area contributed by atoms with Gasteiger partial charge in [0.25, 0.3) is 0 Å². The number of fused-ring (bicyclic) bond motifs is 1. The van der Waals surface area contributed by atoms with Gasteiger partial charge in [-0.1, -0.05) is 12.1 Å². The van der Waals surface area contributed by atoms with E-state index in [0.29, 0.717) is 18.4 Å². The third-order valence-electron chi connectivity index (χ3n) is 4.79. The summed E-state index contributed by atoms with van der Waals surface area (Å²) in [7, 11) is 0. The van der Waals surface area contributed by atoms with Gasteiger partial charge in [0.15, 0.2) is 0 Å². The number of nitrogens with zero attached hydrogens (tertiary/aromatic N) is 1. The summed E-state index contributed by atoms with van der Waals surface area (Å²) < 4.78 is 0. The highest BCUT2D eigenvalue weighted by Crippen LogP contribution is 2.27. The molecule has 0 radical (unpaired) electrons. The molecule has 20 heavy (non-hydrogen) atoms. The van der Waals surface area contributed by atoms with Crippen molar-refractivity contribution in [3.63, 3.8) is 0 Å². The van der Waals surface area contributed by atoms with Crippen molar-refractivity contribution in [1.82, 2.24) is 10.2 Å². The van der Waals surface area contributed by atoms with Crippen molar-refractivity contribution < 1.29 is 4.79 Å². The second-order valence-electron chi connectivity index (χ2n) is 6.13. The summed E-state index contributed by atoms with van der Waals surface area (Å²) in [6.45, 7) is 5.20. The van der Waals surface area contributed by atoms with Crippen molar-refractivity contribution in [3.05, 3.63) is 29.3 Å². The quantitative estimate of drug-likeness (QED) is 0.806.